The van der Waals surface area contributed by atoms with Crippen LogP contribution in [0.5, 0.6) is 0 Å². The van der Waals surface area contributed by atoms with Gasteiger partial charge in [0, 0.05) is 24.7 Å². The van der Waals surface area contributed by atoms with E-state index >= 15 is 0 Å². The van der Waals surface area contributed by atoms with Crippen LogP contribution in [-0.2, 0) is 13.0 Å². The van der Waals surface area contributed by atoms with Crippen molar-refractivity contribution in [1.29, 1.82) is 0 Å². The highest BCUT2D eigenvalue weighted by Gasteiger charge is 2.26. The number of nitrogens with one attached hydrogen (secondary N) is 1. The van der Waals surface area contributed by atoms with E-state index in [1.54, 1.807) is 0 Å². The van der Waals surface area contributed by atoms with E-state index < -0.39 is 0 Å². The van der Waals surface area contributed by atoms with E-state index in [2.05, 4.69) is 45.1 Å². The Balaban J connectivity index is 1.77. The molecule has 0 amide bonds. The van der Waals surface area contributed by atoms with Crippen molar-refractivity contribution < 1.29 is 0 Å². The average molecular weight is 271 g/mol. The van der Waals surface area contributed by atoms with Crippen molar-refractivity contribution in [2.75, 3.05) is 11.9 Å². The molecular weight excluding hydrogens is 250 g/mol. The largest absolute Gasteiger partial charge is 0.353 e. The normalized spacial score (nSPS) is 14.6. The minimum absolute atomic E-state index is 0.692. The first-order chi connectivity index (χ1) is 9.67. The van der Waals surface area contributed by atoms with Crippen LogP contribution < -0.4 is 4.90 Å². The smallest absolute Gasteiger partial charge is 0.135 e. The van der Waals surface area contributed by atoms with Crippen molar-refractivity contribution in [1.82, 2.24) is 20.2 Å². The van der Waals surface area contributed by atoms with Crippen molar-refractivity contribution in [3.05, 3.63) is 35.0 Å². The zero-order chi connectivity index (χ0) is 14.1. The molecule has 0 atom stereocenters. The Morgan fingerprint density at radius 2 is 2.20 bits per heavy atom. The van der Waals surface area contributed by atoms with Gasteiger partial charge in [0.25, 0.3) is 0 Å². The summed E-state index contributed by atoms with van der Waals surface area (Å²) in [5.74, 6) is 2.52. The molecule has 0 spiro atoms. The number of aromatic nitrogens is 4. The van der Waals surface area contributed by atoms with Crippen LogP contribution >= 0.6 is 0 Å². The van der Waals surface area contributed by atoms with Crippen LogP contribution in [0.15, 0.2) is 12.3 Å². The monoisotopic (exact) mass is 271 g/mol. The molecule has 1 aliphatic rings. The summed E-state index contributed by atoms with van der Waals surface area (Å²) in [5, 5.41) is 7.55. The molecule has 0 unspecified atom stereocenters. The quantitative estimate of drug-likeness (QED) is 0.908. The second-order valence-electron chi connectivity index (χ2n) is 5.57. The standard InChI is InChI=1S/C15H21N5/c1-4-11-8-16-10(2)17-15(11)20(3)9-13-7-14(19-18-13)12-5-6-12/h7-8,12H,4-6,9H2,1-3H3,(H,18,19). The highest BCUT2D eigenvalue weighted by atomic mass is 15.2. The predicted octanol–water partition coefficient (Wildman–Crippen LogP) is 2.58. The Labute approximate surface area is 119 Å². The van der Waals surface area contributed by atoms with Crippen LogP contribution in [-0.4, -0.2) is 27.2 Å². The Morgan fingerprint density at radius 1 is 1.40 bits per heavy atom. The van der Waals surface area contributed by atoms with Crippen molar-refractivity contribution >= 4 is 5.82 Å². The minimum atomic E-state index is 0.692. The van der Waals surface area contributed by atoms with Gasteiger partial charge in [0.2, 0.25) is 0 Å². The maximum absolute atomic E-state index is 4.57. The van der Waals surface area contributed by atoms with E-state index in [-0.39, 0.29) is 0 Å². The molecule has 5 nitrogen and oxygen atoms in total. The van der Waals surface area contributed by atoms with E-state index in [4.69, 9.17) is 0 Å². The first-order valence-corrected chi connectivity index (χ1v) is 7.25. The molecule has 1 N–H and O–H groups in total. The summed E-state index contributed by atoms with van der Waals surface area (Å²) in [6.45, 7) is 4.86. The van der Waals surface area contributed by atoms with Crippen LogP contribution in [0.3, 0.4) is 0 Å². The average Bonchev–Trinajstić information content (AvgIpc) is 3.19. The lowest BCUT2D eigenvalue weighted by Crippen LogP contribution is -2.20. The summed E-state index contributed by atoms with van der Waals surface area (Å²) < 4.78 is 0. The van der Waals surface area contributed by atoms with E-state index in [1.807, 2.05) is 13.1 Å². The number of aromatic amines is 1. The molecule has 2 aromatic rings. The molecule has 0 aromatic carbocycles. The van der Waals surface area contributed by atoms with Gasteiger partial charge < -0.3 is 4.90 Å². The van der Waals surface area contributed by atoms with Crippen molar-refractivity contribution in [2.24, 2.45) is 0 Å². The maximum Gasteiger partial charge on any atom is 0.135 e. The summed E-state index contributed by atoms with van der Waals surface area (Å²) in [6, 6.07) is 2.19. The Kier molecular flexibility index (Phi) is 3.42. The number of hydrogen-bond acceptors (Lipinski definition) is 4. The second-order valence-corrected chi connectivity index (χ2v) is 5.57. The zero-order valence-corrected chi connectivity index (χ0v) is 12.3. The first kappa shape index (κ1) is 13.1. The van der Waals surface area contributed by atoms with Gasteiger partial charge in [0.15, 0.2) is 0 Å². The maximum atomic E-state index is 4.57. The van der Waals surface area contributed by atoms with Crippen LogP contribution in [0.1, 0.15) is 48.5 Å². The summed E-state index contributed by atoms with van der Waals surface area (Å²) >= 11 is 0. The topological polar surface area (TPSA) is 57.7 Å². The Hall–Kier alpha value is -1.91. The lowest BCUT2D eigenvalue weighted by Gasteiger charge is -2.20. The number of nitrogens with zero attached hydrogens (tertiary/aromatic N) is 4. The molecule has 5 heteroatoms. The number of aryl methyl sites for hydroxylation is 2. The fourth-order valence-corrected chi connectivity index (χ4v) is 2.44. The van der Waals surface area contributed by atoms with Crippen LogP contribution in [0.4, 0.5) is 5.82 Å². The third-order valence-corrected chi connectivity index (χ3v) is 3.76. The van der Waals surface area contributed by atoms with Gasteiger partial charge in [-0.3, -0.25) is 5.10 Å². The highest BCUT2D eigenvalue weighted by molar-refractivity contribution is 5.45. The summed E-state index contributed by atoms with van der Waals surface area (Å²) in [4.78, 5) is 11.0. The van der Waals surface area contributed by atoms with E-state index in [9.17, 15) is 0 Å². The van der Waals surface area contributed by atoms with Gasteiger partial charge in [-0.05, 0) is 32.3 Å². The third-order valence-electron chi connectivity index (χ3n) is 3.76. The Bertz CT molecular complexity index is 600. The van der Waals surface area contributed by atoms with E-state index in [1.165, 1.54) is 24.1 Å². The van der Waals surface area contributed by atoms with Gasteiger partial charge in [-0.2, -0.15) is 5.10 Å². The molecule has 0 saturated heterocycles. The molecule has 1 aliphatic carbocycles. The molecule has 0 aliphatic heterocycles. The van der Waals surface area contributed by atoms with Gasteiger partial charge in [0.1, 0.15) is 11.6 Å². The van der Waals surface area contributed by atoms with Crippen LogP contribution in [0.2, 0.25) is 0 Å². The number of rotatable bonds is 5. The van der Waals surface area contributed by atoms with Crippen molar-refractivity contribution in [2.45, 2.75) is 45.6 Å². The Morgan fingerprint density at radius 3 is 2.90 bits per heavy atom. The molecule has 2 heterocycles. The molecule has 2 aromatic heterocycles. The molecule has 0 bridgehead atoms. The number of hydrogen-bond donors (Lipinski definition) is 1. The summed E-state index contributed by atoms with van der Waals surface area (Å²) in [6.07, 6.45) is 5.43. The van der Waals surface area contributed by atoms with E-state index in [0.717, 1.165) is 30.3 Å². The highest BCUT2D eigenvalue weighted by Crippen LogP contribution is 2.39. The van der Waals surface area contributed by atoms with Gasteiger partial charge in [-0.15, -0.1) is 0 Å². The first-order valence-electron chi connectivity index (χ1n) is 7.25. The van der Waals surface area contributed by atoms with Gasteiger partial charge in [-0.25, -0.2) is 9.97 Å². The minimum Gasteiger partial charge on any atom is -0.353 e. The summed E-state index contributed by atoms with van der Waals surface area (Å²) in [7, 11) is 2.07. The zero-order valence-electron chi connectivity index (χ0n) is 12.3. The molecule has 106 valence electrons. The van der Waals surface area contributed by atoms with E-state index in [0.29, 0.717) is 5.92 Å². The summed E-state index contributed by atoms with van der Waals surface area (Å²) in [5.41, 5.74) is 3.54. The molecule has 3 rings (SSSR count). The van der Waals surface area contributed by atoms with Gasteiger partial charge >= 0.3 is 0 Å². The number of anilines is 1. The SMILES string of the molecule is CCc1cnc(C)nc1N(C)Cc1cc(C2CC2)n[nH]1. The number of H-pyrrole nitrogens is 1. The molecular formula is C15H21N5. The molecule has 20 heavy (non-hydrogen) atoms. The fraction of sp³-hybridized carbons (Fsp3) is 0.533. The van der Waals surface area contributed by atoms with Crippen molar-refractivity contribution in [3.8, 4) is 0 Å². The fourth-order valence-electron chi connectivity index (χ4n) is 2.44. The molecule has 1 fully saturated rings. The molecule has 0 radical (unpaired) electrons. The van der Waals surface area contributed by atoms with Gasteiger partial charge in [0.05, 0.1) is 17.9 Å². The lowest BCUT2D eigenvalue weighted by atomic mass is 10.2. The molecule has 1 saturated carbocycles. The second kappa shape index (κ2) is 5.23. The van der Waals surface area contributed by atoms with Crippen LogP contribution in [0, 0.1) is 6.92 Å². The third kappa shape index (κ3) is 2.66. The lowest BCUT2D eigenvalue weighted by molar-refractivity contribution is 0.826. The van der Waals surface area contributed by atoms with Crippen molar-refractivity contribution in [3.63, 3.8) is 0 Å². The van der Waals surface area contributed by atoms with Crippen LogP contribution in [0.25, 0.3) is 0 Å². The van der Waals surface area contributed by atoms with Gasteiger partial charge in [-0.1, -0.05) is 6.92 Å². The predicted molar refractivity (Wildman–Crippen MR) is 78.8 cm³/mol.